The van der Waals surface area contributed by atoms with Crippen molar-refractivity contribution in [2.45, 2.75) is 124 Å². The van der Waals surface area contributed by atoms with Crippen LogP contribution in [-0.4, -0.2) is 61.4 Å². The van der Waals surface area contributed by atoms with E-state index < -0.39 is 22.7 Å². The quantitative estimate of drug-likeness (QED) is 0.112. The first-order valence-corrected chi connectivity index (χ1v) is 22.1. The summed E-state index contributed by atoms with van der Waals surface area (Å²) in [4.78, 5) is 0. The minimum atomic E-state index is -2.08. The van der Waals surface area contributed by atoms with E-state index in [2.05, 4.69) is 101 Å². The lowest BCUT2D eigenvalue weighted by molar-refractivity contribution is -0.0441. The molecule has 0 spiro atoms. The lowest BCUT2D eigenvalue weighted by Gasteiger charge is -2.43. The number of benzene rings is 1. The highest BCUT2D eigenvalue weighted by molar-refractivity contribution is 6.74. The highest BCUT2D eigenvalue weighted by Crippen LogP contribution is 2.39. The maximum absolute atomic E-state index is 12.1. The molecule has 0 unspecified atom stereocenters. The van der Waals surface area contributed by atoms with Crippen LogP contribution in [0.5, 0.6) is 11.5 Å². The highest BCUT2D eigenvalue weighted by atomic mass is 28.4. The molecule has 0 aliphatic rings. The third kappa shape index (κ3) is 11.7. The number of rotatable bonds is 20. The molecule has 44 heavy (non-hydrogen) atoms. The van der Waals surface area contributed by atoms with Crippen molar-refractivity contribution in [1.82, 2.24) is 0 Å². The van der Waals surface area contributed by atoms with Crippen LogP contribution in [0, 0.1) is 17.8 Å². The van der Waals surface area contributed by atoms with Gasteiger partial charge in [0.1, 0.15) is 0 Å². The molecular weight excluding hydrogens is 585 g/mol. The van der Waals surface area contributed by atoms with Crippen LogP contribution in [0.4, 0.5) is 0 Å². The molecule has 0 saturated heterocycles. The maximum Gasteiger partial charge on any atom is 0.192 e. The number of ether oxygens (including phenoxy) is 3. The van der Waals surface area contributed by atoms with Crippen LogP contribution in [0.1, 0.15) is 74.8 Å². The summed E-state index contributed by atoms with van der Waals surface area (Å²) >= 11 is 0. The predicted octanol–water partition coefficient (Wildman–Crippen LogP) is 9.40. The van der Waals surface area contributed by atoms with Gasteiger partial charge in [-0.2, -0.15) is 0 Å². The normalized spacial score (nSPS) is 16.9. The van der Waals surface area contributed by atoms with Gasteiger partial charge in [-0.3, -0.25) is 0 Å². The molecule has 1 aromatic rings. The van der Waals surface area contributed by atoms with Gasteiger partial charge in [-0.15, -0.1) is 0 Å². The molecule has 1 N–H and O–H groups in total. The van der Waals surface area contributed by atoms with E-state index in [4.69, 9.17) is 23.1 Å². The fourth-order valence-corrected chi connectivity index (χ4v) is 9.34. The average Bonchev–Trinajstić information content (AvgIpc) is 2.98. The summed E-state index contributed by atoms with van der Waals surface area (Å²) in [6.45, 7) is 27.9. The third-order valence-corrected chi connectivity index (χ3v) is 18.9. The van der Waals surface area contributed by atoms with Crippen molar-refractivity contribution in [2.75, 3.05) is 27.4 Å². The number of aliphatic hydroxyl groups is 1. The summed E-state index contributed by atoms with van der Waals surface area (Å²) in [7, 11) is -0.841. The van der Waals surface area contributed by atoms with Gasteiger partial charge in [-0.05, 0) is 79.3 Å². The number of aliphatic hydroxyl groups excluding tert-OH is 1. The van der Waals surface area contributed by atoms with Crippen molar-refractivity contribution >= 4 is 16.6 Å². The van der Waals surface area contributed by atoms with Gasteiger partial charge in [0.2, 0.25) is 0 Å². The topological polar surface area (TPSA) is 66.4 Å². The smallest absolute Gasteiger partial charge is 0.192 e. The van der Waals surface area contributed by atoms with Crippen molar-refractivity contribution < 1.29 is 28.2 Å². The van der Waals surface area contributed by atoms with E-state index >= 15 is 0 Å². The first kappa shape index (κ1) is 40.6. The lowest BCUT2D eigenvalue weighted by Crippen LogP contribution is -2.51. The Morgan fingerprint density at radius 3 is 2.05 bits per heavy atom. The zero-order chi connectivity index (χ0) is 33.7. The molecule has 0 aliphatic carbocycles. The second-order valence-electron chi connectivity index (χ2n) is 14.0. The van der Waals surface area contributed by atoms with Crippen molar-refractivity contribution in [1.29, 1.82) is 0 Å². The van der Waals surface area contributed by atoms with Gasteiger partial charge >= 0.3 is 0 Å². The Morgan fingerprint density at radius 1 is 0.955 bits per heavy atom. The zero-order valence-electron chi connectivity index (χ0n) is 30.6. The summed E-state index contributed by atoms with van der Waals surface area (Å²) in [5.74, 6) is 1.28. The van der Waals surface area contributed by atoms with Crippen LogP contribution in [-0.2, 0) is 20.2 Å². The van der Waals surface area contributed by atoms with E-state index in [1.807, 2.05) is 18.2 Å². The highest BCUT2D eigenvalue weighted by Gasteiger charge is 2.43. The zero-order valence-corrected chi connectivity index (χ0v) is 32.6. The molecule has 1 rings (SSSR count). The molecule has 6 nitrogen and oxygen atoms in total. The van der Waals surface area contributed by atoms with Crippen LogP contribution >= 0.6 is 0 Å². The van der Waals surface area contributed by atoms with Gasteiger partial charge in [0.15, 0.2) is 28.1 Å². The van der Waals surface area contributed by atoms with Crippen LogP contribution in [0.3, 0.4) is 0 Å². The molecule has 0 radical (unpaired) electrons. The van der Waals surface area contributed by atoms with Gasteiger partial charge < -0.3 is 28.2 Å². The molecule has 0 bridgehead atoms. The molecule has 0 saturated carbocycles. The fraction of sp³-hybridized carbons (Fsp3) is 0.722. The SMILES string of the molecule is C/C=C\[C@H](C)/C=C(\C)[C@@H](O[Si](CC)(CC)CC)[C@@H](CO[Si](C)(C)C(C)(C)C)[C@@H](O)[C@H](C)COCc1ccc(OC)c(OC)c1. The minimum Gasteiger partial charge on any atom is -0.493 e. The Morgan fingerprint density at radius 2 is 1.55 bits per heavy atom. The first-order chi connectivity index (χ1) is 20.5. The molecule has 5 atom stereocenters. The molecular formula is C36H66O6Si2. The second kappa shape index (κ2) is 18.7. The lowest BCUT2D eigenvalue weighted by atomic mass is 9.85. The maximum atomic E-state index is 12.1. The molecule has 254 valence electrons. The summed E-state index contributed by atoms with van der Waals surface area (Å²) < 4.78 is 31.2. The average molecular weight is 651 g/mol. The van der Waals surface area contributed by atoms with Crippen molar-refractivity contribution in [2.24, 2.45) is 17.8 Å². The van der Waals surface area contributed by atoms with Crippen LogP contribution in [0.25, 0.3) is 0 Å². The largest absolute Gasteiger partial charge is 0.493 e. The van der Waals surface area contributed by atoms with E-state index in [1.165, 1.54) is 5.57 Å². The van der Waals surface area contributed by atoms with Crippen LogP contribution in [0.2, 0.25) is 36.3 Å². The summed E-state index contributed by atoms with van der Waals surface area (Å²) in [5.41, 5.74) is 2.16. The Kier molecular flexibility index (Phi) is 17.2. The molecule has 1 aromatic carbocycles. The third-order valence-electron chi connectivity index (χ3n) is 9.73. The number of methoxy groups -OCH3 is 2. The Bertz CT molecular complexity index is 1020. The van der Waals surface area contributed by atoms with Crippen LogP contribution < -0.4 is 9.47 Å². The van der Waals surface area contributed by atoms with Gasteiger partial charge in [-0.25, -0.2) is 0 Å². The minimum absolute atomic E-state index is 0.0626. The van der Waals surface area contributed by atoms with Gasteiger partial charge in [0.25, 0.3) is 0 Å². The standard InChI is InChI=1S/C36H66O6Si2/c1-15-19-27(5)22-28(6)35(42-44(16-2,17-3)18-4)31(26-41-43(13,14)36(8,9)10)34(37)29(7)24-40-25-30-20-21-32(38-11)33(23-30)39-12/h15,19-23,27,29,31,34-35,37H,16-18,24-26H2,1-14H3/b19-15-,28-22+/t27-,29+,31-,34-,35+/m0/s1. The molecule has 0 aromatic heterocycles. The monoisotopic (exact) mass is 650 g/mol. The summed E-state index contributed by atoms with van der Waals surface area (Å²) in [6, 6.07) is 8.94. The van der Waals surface area contributed by atoms with Crippen molar-refractivity contribution in [3.8, 4) is 11.5 Å². The van der Waals surface area contributed by atoms with Crippen molar-refractivity contribution in [3.63, 3.8) is 0 Å². The molecule has 0 amide bonds. The van der Waals surface area contributed by atoms with E-state index in [1.54, 1.807) is 14.2 Å². The van der Waals surface area contributed by atoms with Gasteiger partial charge in [0, 0.05) is 18.4 Å². The van der Waals surface area contributed by atoms with Gasteiger partial charge in [0.05, 0.1) is 39.6 Å². The number of allylic oxidation sites excluding steroid dienone is 3. The van der Waals surface area contributed by atoms with E-state index in [0.29, 0.717) is 31.3 Å². The van der Waals surface area contributed by atoms with E-state index in [0.717, 1.165) is 23.7 Å². The van der Waals surface area contributed by atoms with E-state index in [-0.39, 0.29) is 28.9 Å². The molecule has 8 heteroatoms. The van der Waals surface area contributed by atoms with Gasteiger partial charge in [-0.1, -0.05) is 79.7 Å². The second-order valence-corrected chi connectivity index (χ2v) is 23.5. The predicted molar refractivity (Wildman–Crippen MR) is 191 cm³/mol. The van der Waals surface area contributed by atoms with Crippen LogP contribution in [0.15, 0.2) is 42.0 Å². The number of hydrogen-bond donors (Lipinski definition) is 1. The Hall–Kier alpha value is -1.43. The molecule has 0 aliphatic heterocycles. The Balaban J connectivity index is 3.43. The fourth-order valence-electron chi connectivity index (χ4n) is 5.40. The summed E-state index contributed by atoms with van der Waals surface area (Å²) in [6.07, 6.45) is 5.69. The number of hydrogen-bond acceptors (Lipinski definition) is 6. The molecule has 0 heterocycles. The van der Waals surface area contributed by atoms with Crippen molar-refractivity contribution in [3.05, 3.63) is 47.6 Å². The first-order valence-electron chi connectivity index (χ1n) is 16.6. The summed E-state index contributed by atoms with van der Waals surface area (Å²) in [5, 5.41) is 12.2. The van der Waals surface area contributed by atoms with E-state index in [9.17, 15) is 5.11 Å². The Labute approximate surface area is 272 Å². The molecule has 0 fully saturated rings.